The summed E-state index contributed by atoms with van der Waals surface area (Å²) in [7, 11) is 0. The lowest BCUT2D eigenvalue weighted by Crippen LogP contribution is -2.33. The molecule has 2 heterocycles. The van der Waals surface area contributed by atoms with E-state index in [1.54, 1.807) is 11.3 Å². The van der Waals surface area contributed by atoms with Crippen LogP contribution in [0.1, 0.15) is 23.8 Å². The van der Waals surface area contributed by atoms with Crippen molar-refractivity contribution in [1.29, 1.82) is 0 Å². The van der Waals surface area contributed by atoms with E-state index >= 15 is 0 Å². The summed E-state index contributed by atoms with van der Waals surface area (Å²) < 4.78 is 0.836. The quantitative estimate of drug-likeness (QED) is 0.638. The summed E-state index contributed by atoms with van der Waals surface area (Å²) in [6.45, 7) is 0. The SMILES string of the molecule is NNC(c1ccc(Cl)s1)C1CCCS1. The number of halogens is 1. The van der Waals surface area contributed by atoms with Crippen molar-refractivity contribution in [3.63, 3.8) is 0 Å². The maximum atomic E-state index is 5.91. The first-order valence-electron chi connectivity index (χ1n) is 4.64. The molecule has 1 fully saturated rings. The first-order chi connectivity index (χ1) is 6.81. The number of thioether (sulfide) groups is 1. The van der Waals surface area contributed by atoms with Crippen LogP contribution in [0.3, 0.4) is 0 Å². The van der Waals surface area contributed by atoms with Crippen LogP contribution in [0.25, 0.3) is 0 Å². The summed E-state index contributed by atoms with van der Waals surface area (Å²) in [4.78, 5) is 1.25. The van der Waals surface area contributed by atoms with Crippen LogP contribution in [0.5, 0.6) is 0 Å². The van der Waals surface area contributed by atoms with Crippen LogP contribution < -0.4 is 11.3 Å². The summed E-state index contributed by atoms with van der Waals surface area (Å²) in [5, 5.41) is 0.606. The highest BCUT2D eigenvalue weighted by Crippen LogP contribution is 2.38. The van der Waals surface area contributed by atoms with E-state index in [0.717, 1.165) is 4.34 Å². The van der Waals surface area contributed by atoms with Crippen molar-refractivity contribution in [3.8, 4) is 0 Å². The summed E-state index contributed by atoms with van der Waals surface area (Å²) in [6.07, 6.45) is 2.54. The molecule has 2 unspecified atom stereocenters. The molecule has 0 bridgehead atoms. The zero-order chi connectivity index (χ0) is 9.97. The van der Waals surface area contributed by atoms with Gasteiger partial charge in [0.1, 0.15) is 0 Å². The van der Waals surface area contributed by atoms with E-state index in [2.05, 4.69) is 11.5 Å². The van der Waals surface area contributed by atoms with Gasteiger partial charge < -0.3 is 0 Å². The minimum atomic E-state index is 0.264. The van der Waals surface area contributed by atoms with Crippen molar-refractivity contribution < 1.29 is 0 Å². The van der Waals surface area contributed by atoms with Crippen molar-refractivity contribution in [2.45, 2.75) is 24.1 Å². The number of rotatable bonds is 3. The Balaban J connectivity index is 2.12. The molecule has 0 radical (unpaired) electrons. The normalized spacial score (nSPS) is 24.0. The first kappa shape index (κ1) is 10.8. The van der Waals surface area contributed by atoms with Crippen LogP contribution in [0.15, 0.2) is 12.1 Å². The average Bonchev–Trinajstić information content (AvgIpc) is 2.79. The van der Waals surface area contributed by atoms with E-state index in [1.165, 1.54) is 23.5 Å². The summed E-state index contributed by atoms with van der Waals surface area (Å²) in [5.41, 5.74) is 2.90. The fourth-order valence-electron chi connectivity index (χ4n) is 1.73. The molecule has 1 aliphatic rings. The van der Waals surface area contributed by atoms with Gasteiger partial charge >= 0.3 is 0 Å². The van der Waals surface area contributed by atoms with Crippen molar-refractivity contribution in [2.75, 3.05) is 5.75 Å². The van der Waals surface area contributed by atoms with Crippen LogP contribution in [-0.2, 0) is 0 Å². The van der Waals surface area contributed by atoms with Gasteiger partial charge in [0, 0.05) is 10.1 Å². The third-order valence-corrected chi connectivity index (χ3v) is 5.19. The molecule has 14 heavy (non-hydrogen) atoms. The van der Waals surface area contributed by atoms with Crippen molar-refractivity contribution in [1.82, 2.24) is 5.43 Å². The first-order valence-corrected chi connectivity index (χ1v) is 6.88. The zero-order valence-corrected chi connectivity index (χ0v) is 10.1. The summed E-state index contributed by atoms with van der Waals surface area (Å²) in [5.74, 6) is 6.85. The van der Waals surface area contributed by atoms with Gasteiger partial charge in [0.2, 0.25) is 0 Å². The van der Waals surface area contributed by atoms with Gasteiger partial charge in [-0.15, -0.1) is 11.3 Å². The maximum absolute atomic E-state index is 5.91. The number of hydrazine groups is 1. The van der Waals surface area contributed by atoms with Crippen molar-refractivity contribution in [3.05, 3.63) is 21.3 Å². The average molecular weight is 249 g/mol. The molecule has 0 aromatic carbocycles. The third kappa shape index (κ3) is 2.25. The molecule has 78 valence electrons. The van der Waals surface area contributed by atoms with Crippen molar-refractivity contribution in [2.24, 2.45) is 5.84 Å². The second-order valence-electron chi connectivity index (χ2n) is 3.34. The smallest absolute Gasteiger partial charge is 0.0931 e. The number of thiophene rings is 1. The van der Waals surface area contributed by atoms with E-state index < -0.39 is 0 Å². The predicted octanol–water partition coefficient (Wildman–Crippen LogP) is 2.80. The largest absolute Gasteiger partial charge is 0.271 e. The molecular formula is C9H13ClN2S2. The molecule has 3 N–H and O–H groups in total. The Bertz CT molecular complexity index is 297. The van der Waals surface area contributed by atoms with E-state index in [0.29, 0.717) is 5.25 Å². The van der Waals surface area contributed by atoms with Crippen LogP contribution in [0, 0.1) is 0 Å². The Morgan fingerprint density at radius 2 is 2.43 bits per heavy atom. The Morgan fingerprint density at radius 1 is 1.57 bits per heavy atom. The molecule has 1 aromatic rings. The van der Waals surface area contributed by atoms with Gasteiger partial charge in [-0.2, -0.15) is 11.8 Å². The highest BCUT2D eigenvalue weighted by molar-refractivity contribution is 8.00. The molecule has 2 atom stereocenters. The molecule has 2 rings (SSSR count). The van der Waals surface area contributed by atoms with E-state index in [1.807, 2.05) is 17.8 Å². The van der Waals surface area contributed by atoms with Crippen LogP contribution >= 0.6 is 34.7 Å². The Kier molecular flexibility index (Phi) is 3.73. The van der Waals surface area contributed by atoms with Gasteiger partial charge in [-0.1, -0.05) is 11.6 Å². The monoisotopic (exact) mass is 248 g/mol. The molecule has 5 heteroatoms. The molecule has 1 aromatic heterocycles. The van der Waals surface area contributed by atoms with Crippen LogP contribution in [0.2, 0.25) is 4.34 Å². The topological polar surface area (TPSA) is 38.0 Å². The highest BCUT2D eigenvalue weighted by atomic mass is 35.5. The fraction of sp³-hybridized carbons (Fsp3) is 0.556. The molecule has 1 aliphatic heterocycles. The summed E-state index contributed by atoms with van der Waals surface area (Å²) in [6, 6.07) is 4.27. The van der Waals surface area contributed by atoms with Crippen LogP contribution in [-0.4, -0.2) is 11.0 Å². The number of nitrogens with one attached hydrogen (secondary N) is 1. The molecule has 0 aliphatic carbocycles. The van der Waals surface area contributed by atoms with Gasteiger partial charge in [0.25, 0.3) is 0 Å². The molecular weight excluding hydrogens is 236 g/mol. The number of hydrogen-bond acceptors (Lipinski definition) is 4. The van der Waals surface area contributed by atoms with E-state index in [-0.39, 0.29) is 6.04 Å². The molecule has 0 saturated carbocycles. The van der Waals surface area contributed by atoms with Gasteiger partial charge in [-0.05, 0) is 30.7 Å². The van der Waals surface area contributed by atoms with E-state index in [9.17, 15) is 0 Å². The Morgan fingerprint density at radius 3 is 2.93 bits per heavy atom. The van der Waals surface area contributed by atoms with Gasteiger partial charge in [-0.25, -0.2) is 0 Å². The van der Waals surface area contributed by atoms with Gasteiger partial charge in [0.15, 0.2) is 0 Å². The second-order valence-corrected chi connectivity index (χ2v) is 6.43. The Hall–Kier alpha value is 0.260. The predicted molar refractivity (Wildman–Crippen MR) is 64.9 cm³/mol. The molecule has 2 nitrogen and oxygen atoms in total. The highest BCUT2D eigenvalue weighted by Gasteiger charge is 2.26. The Labute approximate surface area is 97.2 Å². The second kappa shape index (κ2) is 4.86. The van der Waals surface area contributed by atoms with Gasteiger partial charge in [0.05, 0.1) is 10.4 Å². The lowest BCUT2D eigenvalue weighted by Gasteiger charge is -2.20. The minimum Gasteiger partial charge on any atom is -0.271 e. The maximum Gasteiger partial charge on any atom is 0.0931 e. The number of nitrogens with two attached hydrogens (primary N) is 1. The molecule has 0 amide bonds. The zero-order valence-electron chi connectivity index (χ0n) is 7.70. The molecule has 0 spiro atoms. The van der Waals surface area contributed by atoms with E-state index in [4.69, 9.17) is 17.4 Å². The lowest BCUT2D eigenvalue weighted by atomic mass is 10.1. The van der Waals surface area contributed by atoms with Gasteiger partial charge in [-0.3, -0.25) is 11.3 Å². The summed E-state index contributed by atoms with van der Waals surface area (Å²) >= 11 is 9.53. The molecule has 1 saturated heterocycles. The third-order valence-electron chi connectivity index (χ3n) is 2.42. The number of hydrogen-bond donors (Lipinski definition) is 2. The van der Waals surface area contributed by atoms with Crippen LogP contribution in [0.4, 0.5) is 0 Å². The van der Waals surface area contributed by atoms with Crippen molar-refractivity contribution >= 4 is 34.7 Å². The standard InChI is InChI=1S/C9H13ClN2S2/c10-8-4-3-7(14-8)9(12-11)6-2-1-5-13-6/h3-4,6,9,12H,1-2,5,11H2. The minimum absolute atomic E-state index is 0.264. The fourth-order valence-corrected chi connectivity index (χ4v) is 4.39. The lowest BCUT2D eigenvalue weighted by molar-refractivity contribution is 0.528.